The van der Waals surface area contributed by atoms with Crippen LogP contribution in [0.15, 0.2) is 42.7 Å². The summed E-state index contributed by atoms with van der Waals surface area (Å²) in [6, 6.07) is 9.94. The highest BCUT2D eigenvalue weighted by Gasteiger charge is 2.26. The molecule has 128 valence electrons. The number of amides is 1. The van der Waals surface area contributed by atoms with E-state index in [1.807, 2.05) is 46.0 Å². The lowest BCUT2D eigenvalue weighted by Gasteiger charge is -2.33. The van der Waals surface area contributed by atoms with Gasteiger partial charge in [0.25, 0.3) is 5.91 Å². The second-order valence-corrected chi connectivity index (χ2v) is 6.54. The first-order valence-electron chi connectivity index (χ1n) is 8.63. The van der Waals surface area contributed by atoms with E-state index in [0.717, 1.165) is 30.8 Å². The Morgan fingerprint density at radius 3 is 2.96 bits per heavy atom. The molecule has 2 aromatic heterocycles. The molecule has 1 amide bonds. The summed E-state index contributed by atoms with van der Waals surface area (Å²) < 4.78 is 8.01. The number of ether oxygens (including phenoxy) is 1. The van der Waals surface area contributed by atoms with Crippen LogP contribution in [-0.2, 0) is 11.3 Å². The SMILES string of the molecule is CC(C)n1cccc1C(=O)N1CCCC(OCc2ccccn2)C1. The van der Waals surface area contributed by atoms with Crippen molar-refractivity contribution in [3.05, 3.63) is 54.1 Å². The molecule has 1 unspecified atom stereocenters. The van der Waals surface area contributed by atoms with E-state index >= 15 is 0 Å². The van der Waals surface area contributed by atoms with Gasteiger partial charge in [0.2, 0.25) is 0 Å². The molecule has 1 atom stereocenters. The molecule has 0 saturated carbocycles. The van der Waals surface area contributed by atoms with Gasteiger partial charge in [0.05, 0.1) is 18.4 Å². The fraction of sp³-hybridized carbons (Fsp3) is 0.474. The summed E-state index contributed by atoms with van der Waals surface area (Å²) in [4.78, 5) is 19.0. The normalized spacial score (nSPS) is 18.1. The van der Waals surface area contributed by atoms with Crippen LogP contribution in [0.5, 0.6) is 0 Å². The summed E-state index contributed by atoms with van der Waals surface area (Å²) in [6.07, 6.45) is 5.78. The zero-order chi connectivity index (χ0) is 16.9. The molecular weight excluding hydrogens is 302 g/mol. The number of carbonyl (C=O) groups is 1. The average molecular weight is 327 g/mol. The van der Waals surface area contributed by atoms with Crippen LogP contribution in [0.3, 0.4) is 0 Å². The van der Waals surface area contributed by atoms with Gasteiger partial charge in [-0.15, -0.1) is 0 Å². The van der Waals surface area contributed by atoms with Crippen LogP contribution in [0.4, 0.5) is 0 Å². The third kappa shape index (κ3) is 3.85. The van der Waals surface area contributed by atoms with Gasteiger partial charge in [-0.05, 0) is 51.0 Å². The molecule has 5 nitrogen and oxygen atoms in total. The van der Waals surface area contributed by atoms with E-state index in [0.29, 0.717) is 13.2 Å². The fourth-order valence-electron chi connectivity index (χ4n) is 3.13. The maximum Gasteiger partial charge on any atom is 0.270 e. The quantitative estimate of drug-likeness (QED) is 0.846. The van der Waals surface area contributed by atoms with E-state index in [2.05, 4.69) is 18.8 Å². The van der Waals surface area contributed by atoms with Gasteiger partial charge < -0.3 is 14.2 Å². The highest BCUT2D eigenvalue weighted by molar-refractivity contribution is 5.93. The Bertz CT molecular complexity index is 666. The van der Waals surface area contributed by atoms with E-state index in [-0.39, 0.29) is 18.1 Å². The van der Waals surface area contributed by atoms with Crippen LogP contribution in [0.2, 0.25) is 0 Å². The lowest BCUT2D eigenvalue weighted by molar-refractivity contribution is -0.00816. The standard InChI is InChI=1S/C19H25N3O2/c1-15(2)22-12-6-9-18(22)19(23)21-11-5-8-17(13-21)24-14-16-7-3-4-10-20-16/h3-4,6-7,9-10,12,15,17H,5,8,11,13-14H2,1-2H3. The molecule has 1 aliphatic rings. The maximum absolute atomic E-state index is 12.8. The first-order chi connectivity index (χ1) is 11.6. The van der Waals surface area contributed by atoms with Gasteiger partial charge in [-0.1, -0.05) is 6.07 Å². The summed E-state index contributed by atoms with van der Waals surface area (Å²) in [5.74, 6) is 0.0971. The highest BCUT2D eigenvalue weighted by atomic mass is 16.5. The maximum atomic E-state index is 12.8. The van der Waals surface area contributed by atoms with E-state index in [9.17, 15) is 4.79 Å². The third-order valence-corrected chi connectivity index (χ3v) is 4.41. The van der Waals surface area contributed by atoms with Gasteiger partial charge in [0.15, 0.2) is 0 Å². The van der Waals surface area contributed by atoms with Gasteiger partial charge in [-0.2, -0.15) is 0 Å². The Balaban J connectivity index is 1.60. The molecule has 2 aromatic rings. The van der Waals surface area contributed by atoms with Gasteiger partial charge in [-0.3, -0.25) is 9.78 Å². The van der Waals surface area contributed by atoms with Crippen LogP contribution in [0.1, 0.15) is 48.9 Å². The number of aromatic nitrogens is 2. The summed E-state index contributed by atoms with van der Waals surface area (Å²) in [7, 11) is 0. The summed E-state index contributed by atoms with van der Waals surface area (Å²) in [5.41, 5.74) is 1.69. The molecule has 24 heavy (non-hydrogen) atoms. The number of piperidine rings is 1. The molecule has 1 aliphatic heterocycles. The van der Waals surface area contributed by atoms with Crippen molar-refractivity contribution in [2.75, 3.05) is 13.1 Å². The zero-order valence-corrected chi connectivity index (χ0v) is 14.4. The van der Waals surface area contributed by atoms with Gasteiger partial charge >= 0.3 is 0 Å². The van der Waals surface area contributed by atoms with Crippen LogP contribution < -0.4 is 0 Å². The first kappa shape index (κ1) is 16.7. The third-order valence-electron chi connectivity index (χ3n) is 4.41. The van der Waals surface area contributed by atoms with E-state index in [1.54, 1.807) is 6.20 Å². The van der Waals surface area contributed by atoms with Crippen molar-refractivity contribution in [1.29, 1.82) is 0 Å². The smallest absolute Gasteiger partial charge is 0.270 e. The van der Waals surface area contributed by atoms with Crippen molar-refractivity contribution in [1.82, 2.24) is 14.5 Å². The van der Waals surface area contributed by atoms with Crippen LogP contribution in [0.25, 0.3) is 0 Å². The van der Waals surface area contributed by atoms with E-state index in [1.165, 1.54) is 0 Å². The molecule has 3 heterocycles. The van der Waals surface area contributed by atoms with Crippen molar-refractivity contribution in [2.45, 2.75) is 45.4 Å². The van der Waals surface area contributed by atoms with E-state index < -0.39 is 0 Å². The molecule has 0 N–H and O–H groups in total. The number of carbonyl (C=O) groups excluding carboxylic acids is 1. The second kappa shape index (κ2) is 7.62. The molecule has 0 bridgehead atoms. The van der Waals surface area contributed by atoms with Gasteiger partial charge in [-0.25, -0.2) is 0 Å². The van der Waals surface area contributed by atoms with E-state index in [4.69, 9.17) is 4.74 Å². The largest absolute Gasteiger partial charge is 0.370 e. The molecule has 1 saturated heterocycles. The van der Waals surface area contributed by atoms with Crippen LogP contribution >= 0.6 is 0 Å². The van der Waals surface area contributed by atoms with Gasteiger partial charge in [0, 0.05) is 31.5 Å². The monoisotopic (exact) mass is 327 g/mol. The Hall–Kier alpha value is -2.14. The molecular formula is C19H25N3O2. The highest BCUT2D eigenvalue weighted by Crippen LogP contribution is 2.19. The summed E-state index contributed by atoms with van der Waals surface area (Å²) >= 11 is 0. The molecule has 0 aromatic carbocycles. The minimum absolute atomic E-state index is 0.0761. The Kier molecular flexibility index (Phi) is 5.30. The number of hydrogen-bond acceptors (Lipinski definition) is 3. The Morgan fingerprint density at radius 2 is 2.21 bits per heavy atom. The fourth-order valence-corrected chi connectivity index (χ4v) is 3.13. The number of likely N-dealkylation sites (tertiary alicyclic amines) is 1. The number of hydrogen-bond donors (Lipinski definition) is 0. The number of nitrogens with zero attached hydrogens (tertiary/aromatic N) is 3. The molecule has 0 spiro atoms. The molecule has 3 rings (SSSR count). The van der Waals surface area contributed by atoms with Crippen molar-refractivity contribution in [2.24, 2.45) is 0 Å². The predicted octanol–water partition coefficient (Wildman–Crippen LogP) is 3.29. The number of rotatable bonds is 5. The van der Waals surface area contributed by atoms with Crippen molar-refractivity contribution >= 4 is 5.91 Å². The number of pyridine rings is 1. The lowest BCUT2D eigenvalue weighted by Crippen LogP contribution is -2.43. The summed E-state index contributed by atoms with van der Waals surface area (Å²) in [6.45, 7) is 6.12. The van der Waals surface area contributed by atoms with Crippen molar-refractivity contribution < 1.29 is 9.53 Å². The van der Waals surface area contributed by atoms with Crippen LogP contribution in [-0.4, -0.2) is 39.6 Å². The Labute approximate surface area is 143 Å². The lowest BCUT2D eigenvalue weighted by atomic mass is 10.1. The average Bonchev–Trinajstić information content (AvgIpc) is 3.10. The predicted molar refractivity (Wildman–Crippen MR) is 92.8 cm³/mol. The van der Waals surface area contributed by atoms with Gasteiger partial charge in [0.1, 0.15) is 5.69 Å². The minimum atomic E-state index is 0.0761. The molecule has 0 radical (unpaired) electrons. The second-order valence-electron chi connectivity index (χ2n) is 6.54. The summed E-state index contributed by atoms with van der Waals surface area (Å²) in [5, 5.41) is 0. The first-order valence-corrected chi connectivity index (χ1v) is 8.63. The topological polar surface area (TPSA) is 47.4 Å². The van der Waals surface area contributed by atoms with Crippen molar-refractivity contribution in [3.8, 4) is 0 Å². The minimum Gasteiger partial charge on any atom is -0.370 e. The zero-order valence-electron chi connectivity index (χ0n) is 14.4. The molecule has 5 heteroatoms. The van der Waals surface area contributed by atoms with Crippen molar-refractivity contribution in [3.63, 3.8) is 0 Å². The molecule has 1 fully saturated rings. The molecule has 0 aliphatic carbocycles. The van der Waals surface area contributed by atoms with Crippen LogP contribution in [0, 0.1) is 0 Å². The Morgan fingerprint density at radius 1 is 1.33 bits per heavy atom.